The third-order valence-electron chi connectivity index (χ3n) is 6.27. The smallest absolute Gasteiger partial charge is 0.295 e. The molecular weight excluding hydrogens is 398 g/mol. The molecule has 0 bridgehead atoms. The third kappa shape index (κ3) is 4.05. The van der Waals surface area contributed by atoms with Crippen LogP contribution < -0.4 is 0 Å². The summed E-state index contributed by atoms with van der Waals surface area (Å²) in [5, 5.41) is 13.3. The molecule has 164 valence electrons. The highest BCUT2D eigenvalue weighted by Gasteiger charge is 2.45. The van der Waals surface area contributed by atoms with Gasteiger partial charge in [0.2, 0.25) is 0 Å². The van der Waals surface area contributed by atoms with Gasteiger partial charge >= 0.3 is 0 Å². The molecule has 32 heavy (non-hydrogen) atoms. The minimum absolute atomic E-state index is 0.114. The predicted molar refractivity (Wildman–Crippen MR) is 128 cm³/mol. The van der Waals surface area contributed by atoms with Gasteiger partial charge < -0.3 is 10.0 Å². The maximum Gasteiger partial charge on any atom is 0.295 e. The number of aliphatic hydroxyl groups excluding tert-OH is 1. The topological polar surface area (TPSA) is 57.6 Å². The Kier molecular flexibility index (Phi) is 6.40. The molecule has 0 saturated carbocycles. The Bertz CT molecular complexity index is 1180. The summed E-state index contributed by atoms with van der Waals surface area (Å²) in [6, 6.07) is 20.9. The highest BCUT2D eigenvalue weighted by atomic mass is 16.3. The van der Waals surface area contributed by atoms with Crippen molar-refractivity contribution in [2.75, 3.05) is 6.54 Å². The highest BCUT2D eigenvalue weighted by molar-refractivity contribution is 6.46. The van der Waals surface area contributed by atoms with Crippen LogP contribution in [0, 0.1) is 0 Å². The number of nitrogens with zero attached hydrogens (tertiary/aromatic N) is 1. The van der Waals surface area contributed by atoms with Crippen LogP contribution in [0.5, 0.6) is 0 Å². The summed E-state index contributed by atoms with van der Waals surface area (Å²) in [5.74, 6) is -1.26. The molecule has 1 unspecified atom stereocenters. The average molecular weight is 428 g/mol. The van der Waals surface area contributed by atoms with E-state index in [4.69, 9.17) is 0 Å². The molecule has 3 aromatic rings. The number of amides is 1. The molecule has 0 radical (unpaired) electrons. The van der Waals surface area contributed by atoms with Crippen molar-refractivity contribution in [3.05, 3.63) is 89.0 Å². The SMILES string of the molecule is CCCCCN1C(=O)C(=O)/C(=C(\O)c2ccc3ccccc3c2)C1c1ccc(CC)cc1. The van der Waals surface area contributed by atoms with Crippen LogP contribution in [0.3, 0.4) is 0 Å². The molecule has 1 atom stereocenters. The monoisotopic (exact) mass is 427 g/mol. The van der Waals surface area contributed by atoms with Gasteiger partial charge in [0, 0.05) is 12.1 Å². The van der Waals surface area contributed by atoms with Crippen molar-refractivity contribution in [1.82, 2.24) is 4.90 Å². The summed E-state index contributed by atoms with van der Waals surface area (Å²) in [6.07, 6.45) is 3.74. The van der Waals surface area contributed by atoms with Crippen LogP contribution in [0.1, 0.15) is 55.8 Å². The number of ketones is 1. The Balaban J connectivity index is 1.83. The van der Waals surface area contributed by atoms with E-state index in [1.807, 2.05) is 60.7 Å². The predicted octanol–water partition coefficient (Wildman–Crippen LogP) is 6.01. The van der Waals surface area contributed by atoms with Crippen LogP contribution in [0.25, 0.3) is 16.5 Å². The van der Waals surface area contributed by atoms with Gasteiger partial charge in [0.15, 0.2) is 0 Å². The van der Waals surface area contributed by atoms with E-state index < -0.39 is 17.7 Å². The molecule has 1 heterocycles. The van der Waals surface area contributed by atoms with E-state index in [0.29, 0.717) is 12.1 Å². The molecule has 3 aromatic carbocycles. The lowest BCUT2D eigenvalue weighted by Crippen LogP contribution is -2.30. The number of rotatable bonds is 7. The molecule has 0 aliphatic carbocycles. The first kappa shape index (κ1) is 21.8. The number of benzene rings is 3. The quantitative estimate of drug-likeness (QED) is 0.217. The Morgan fingerprint density at radius 1 is 0.906 bits per heavy atom. The van der Waals surface area contributed by atoms with Gasteiger partial charge in [0.1, 0.15) is 5.76 Å². The van der Waals surface area contributed by atoms with Gasteiger partial charge in [-0.15, -0.1) is 0 Å². The van der Waals surface area contributed by atoms with E-state index in [0.717, 1.165) is 42.0 Å². The lowest BCUT2D eigenvalue weighted by molar-refractivity contribution is -0.139. The summed E-state index contributed by atoms with van der Waals surface area (Å²) in [6.45, 7) is 4.69. The summed E-state index contributed by atoms with van der Waals surface area (Å²) in [7, 11) is 0. The van der Waals surface area contributed by atoms with Crippen LogP contribution in [-0.4, -0.2) is 28.2 Å². The van der Waals surface area contributed by atoms with Gasteiger partial charge in [-0.05, 0) is 40.8 Å². The Morgan fingerprint density at radius 3 is 2.31 bits per heavy atom. The van der Waals surface area contributed by atoms with E-state index in [1.54, 1.807) is 11.0 Å². The van der Waals surface area contributed by atoms with E-state index >= 15 is 0 Å². The van der Waals surface area contributed by atoms with Gasteiger partial charge in [0.25, 0.3) is 11.7 Å². The second-order valence-electron chi connectivity index (χ2n) is 8.36. The second kappa shape index (κ2) is 9.39. The first-order valence-corrected chi connectivity index (χ1v) is 11.4. The number of carbonyl (C=O) groups excluding carboxylic acids is 2. The Hall–Kier alpha value is -3.40. The van der Waals surface area contributed by atoms with E-state index in [9.17, 15) is 14.7 Å². The summed E-state index contributed by atoms with van der Waals surface area (Å²) in [5.41, 5.74) is 2.75. The Labute approximate surface area is 189 Å². The molecule has 1 aliphatic rings. The third-order valence-corrected chi connectivity index (χ3v) is 6.27. The molecule has 1 amide bonds. The fraction of sp³-hybridized carbons (Fsp3) is 0.286. The van der Waals surface area contributed by atoms with Gasteiger partial charge in [0.05, 0.1) is 11.6 Å². The number of carbonyl (C=O) groups is 2. The van der Waals surface area contributed by atoms with Crippen LogP contribution in [-0.2, 0) is 16.0 Å². The highest BCUT2D eigenvalue weighted by Crippen LogP contribution is 2.40. The number of aryl methyl sites for hydroxylation is 1. The number of hydrogen-bond acceptors (Lipinski definition) is 3. The van der Waals surface area contributed by atoms with Crippen LogP contribution in [0.2, 0.25) is 0 Å². The molecule has 4 heteroatoms. The fourth-order valence-corrected chi connectivity index (χ4v) is 4.42. The van der Waals surface area contributed by atoms with Crippen LogP contribution in [0.4, 0.5) is 0 Å². The summed E-state index contributed by atoms with van der Waals surface area (Å²) >= 11 is 0. The van der Waals surface area contributed by atoms with Crippen LogP contribution >= 0.6 is 0 Å². The molecule has 1 N–H and O–H groups in total. The van der Waals surface area contributed by atoms with Crippen molar-refractivity contribution < 1.29 is 14.7 Å². The number of likely N-dealkylation sites (tertiary alicyclic amines) is 1. The summed E-state index contributed by atoms with van der Waals surface area (Å²) < 4.78 is 0. The number of hydrogen-bond donors (Lipinski definition) is 1. The first-order chi connectivity index (χ1) is 15.5. The molecule has 4 nitrogen and oxygen atoms in total. The molecule has 1 fully saturated rings. The molecule has 1 aliphatic heterocycles. The zero-order chi connectivity index (χ0) is 22.7. The second-order valence-corrected chi connectivity index (χ2v) is 8.36. The van der Waals surface area contributed by atoms with Gasteiger partial charge in [-0.25, -0.2) is 0 Å². The minimum atomic E-state index is -0.614. The maximum absolute atomic E-state index is 13.1. The van der Waals surface area contributed by atoms with Crippen molar-refractivity contribution in [2.24, 2.45) is 0 Å². The van der Waals surface area contributed by atoms with Crippen molar-refractivity contribution in [2.45, 2.75) is 45.6 Å². The molecular formula is C28H29NO3. The van der Waals surface area contributed by atoms with Crippen molar-refractivity contribution in [1.29, 1.82) is 0 Å². The average Bonchev–Trinajstić information content (AvgIpc) is 3.08. The number of unbranched alkanes of at least 4 members (excludes halogenated alkanes) is 2. The zero-order valence-corrected chi connectivity index (χ0v) is 18.7. The van der Waals surface area contributed by atoms with Gasteiger partial charge in [-0.2, -0.15) is 0 Å². The number of fused-ring (bicyclic) bond motifs is 1. The molecule has 4 rings (SSSR count). The van der Waals surface area contributed by atoms with E-state index in [2.05, 4.69) is 13.8 Å². The molecule has 1 saturated heterocycles. The summed E-state index contributed by atoms with van der Waals surface area (Å²) in [4.78, 5) is 27.8. The van der Waals surface area contributed by atoms with Crippen LogP contribution in [0.15, 0.2) is 72.3 Å². The van der Waals surface area contributed by atoms with E-state index in [1.165, 1.54) is 5.56 Å². The largest absolute Gasteiger partial charge is 0.507 e. The molecule has 0 spiro atoms. The standard InChI is InChI=1S/C28H29NO3/c1-3-5-8-17-29-25(21-13-11-19(4-2)12-14-21)24(27(31)28(29)32)26(30)23-16-15-20-9-6-7-10-22(20)18-23/h6-7,9-16,18,25,30H,3-5,8,17H2,1-2H3/b26-24-. The van der Waals surface area contributed by atoms with Crippen molar-refractivity contribution >= 4 is 28.2 Å². The van der Waals surface area contributed by atoms with Gasteiger partial charge in [-0.1, -0.05) is 87.4 Å². The first-order valence-electron chi connectivity index (χ1n) is 11.4. The Morgan fingerprint density at radius 2 is 1.62 bits per heavy atom. The van der Waals surface area contributed by atoms with Crippen molar-refractivity contribution in [3.8, 4) is 0 Å². The number of Topliss-reactive ketones (excluding diaryl/α,β-unsaturated/α-hetero) is 1. The zero-order valence-electron chi connectivity index (χ0n) is 18.7. The molecule has 0 aromatic heterocycles. The lowest BCUT2D eigenvalue weighted by Gasteiger charge is -2.25. The van der Waals surface area contributed by atoms with E-state index in [-0.39, 0.29) is 11.3 Å². The van der Waals surface area contributed by atoms with Gasteiger partial charge in [-0.3, -0.25) is 9.59 Å². The van der Waals surface area contributed by atoms with Crippen molar-refractivity contribution in [3.63, 3.8) is 0 Å². The fourth-order valence-electron chi connectivity index (χ4n) is 4.42. The normalized spacial score (nSPS) is 17.9. The maximum atomic E-state index is 13.1. The number of aliphatic hydroxyl groups is 1. The minimum Gasteiger partial charge on any atom is -0.507 e. The lowest BCUT2D eigenvalue weighted by atomic mass is 9.93.